The first kappa shape index (κ1) is 20.0. The van der Waals surface area contributed by atoms with E-state index in [1.54, 1.807) is 56.3 Å². The van der Waals surface area contributed by atoms with E-state index in [2.05, 4.69) is 9.73 Å². The van der Waals surface area contributed by atoms with Crippen LogP contribution in [0.5, 0.6) is 0 Å². The van der Waals surface area contributed by atoms with Crippen molar-refractivity contribution in [3.05, 3.63) is 53.4 Å². The van der Waals surface area contributed by atoms with Gasteiger partial charge in [-0.2, -0.15) is 0 Å². The minimum Gasteiger partial charge on any atom is -0.506 e. The predicted molar refractivity (Wildman–Crippen MR) is 94.9 cm³/mol. The van der Waals surface area contributed by atoms with Crippen LogP contribution in [0.1, 0.15) is 12.5 Å². The Morgan fingerprint density at radius 3 is 2.36 bits per heavy atom. The number of hydrogen-bond acceptors (Lipinski definition) is 7. The third-order valence-electron chi connectivity index (χ3n) is 2.91. The van der Waals surface area contributed by atoms with Gasteiger partial charge in [0.25, 0.3) is 0 Å². The van der Waals surface area contributed by atoms with Crippen LogP contribution in [0.2, 0.25) is 0 Å². The second-order valence-corrected chi connectivity index (χ2v) is 5.08. The molecule has 1 aromatic carbocycles. The van der Waals surface area contributed by atoms with Gasteiger partial charge in [0, 0.05) is 32.1 Å². The molecule has 0 radical (unpaired) electrons. The number of ether oxygens (including phenoxy) is 2. The van der Waals surface area contributed by atoms with Crippen molar-refractivity contribution < 1.29 is 24.2 Å². The minimum atomic E-state index is -0.748. The Balaban J connectivity index is 3.34. The first-order valence-corrected chi connectivity index (χ1v) is 7.57. The quantitative estimate of drug-likeness (QED) is 0.352. The van der Waals surface area contributed by atoms with Crippen LogP contribution in [0.3, 0.4) is 0 Å². The highest BCUT2D eigenvalue weighted by Gasteiger charge is 2.17. The summed E-state index contributed by atoms with van der Waals surface area (Å²) >= 11 is 0. The van der Waals surface area contributed by atoms with Crippen molar-refractivity contribution in [2.45, 2.75) is 6.92 Å². The lowest BCUT2D eigenvalue weighted by molar-refractivity contribution is -0.138. The molecule has 0 saturated carbocycles. The lowest BCUT2D eigenvalue weighted by Crippen LogP contribution is -2.13. The van der Waals surface area contributed by atoms with Crippen molar-refractivity contribution in [1.82, 2.24) is 4.90 Å². The van der Waals surface area contributed by atoms with Crippen molar-refractivity contribution in [3.63, 3.8) is 0 Å². The molecule has 0 fully saturated rings. The Hall–Kier alpha value is -3.09. The summed E-state index contributed by atoms with van der Waals surface area (Å²) in [6, 6.07) is 8.50. The summed E-state index contributed by atoms with van der Waals surface area (Å²) in [4.78, 5) is 29.5. The third-order valence-corrected chi connectivity index (χ3v) is 2.91. The summed E-state index contributed by atoms with van der Waals surface area (Å²) in [5.41, 5.74) is 0.227. The number of esters is 2. The number of aliphatic hydroxyl groups is 1. The van der Waals surface area contributed by atoms with Gasteiger partial charge >= 0.3 is 11.9 Å². The summed E-state index contributed by atoms with van der Waals surface area (Å²) < 4.78 is 9.61. The highest BCUT2D eigenvalue weighted by Crippen LogP contribution is 2.16. The molecule has 0 aliphatic carbocycles. The Morgan fingerprint density at radius 2 is 1.84 bits per heavy atom. The van der Waals surface area contributed by atoms with Crippen LogP contribution in [0.15, 0.2) is 52.8 Å². The Bertz CT molecular complexity index is 691. The molecular formula is C18H22N2O5. The van der Waals surface area contributed by atoms with Gasteiger partial charge in [-0.1, -0.05) is 30.3 Å². The molecule has 1 rings (SSSR count). The largest absolute Gasteiger partial charge is 0.506 e. The molecule has 0 saturated heterocycles. The molecule has 0 atom stereocenters. The third kappa shape index (κ3) is 6.14. The summed E-state index contributed by atoms with van der Waals surface area (Å²) in [6.45, 7) is 1.79. The summed E-state index contributed by atoms with van der Waals surface area (Å²) in [5, 5.41) is 10.4. The smallest absolute Gasteiger partial charge is 0.358 e. The molecule has 25 heavy (non-hydrogen) atoms. The zero-order chi connectivity index (χ0) is 18.8. The van der Waals surface area contributed by atoms with Crippen molar-refractivity contribution in [1.29, 1.82) is 0 Å². The van der Waals surface area contributed by atoms with Crippen LogP contribution >= 0.6 is 0 Å². The van der Waals surface area contributed by atoms with Crippen molar-refractivity contribution >= 4 is 23.9 Å². The fraction of sp³-hybridized carbons (Fsp3) is 0.278. The first-order valence-electron chi connectivity index (χ1n) is 7.57. The number of aliphatic hydroxyl groups excluding tert-OH is 1. The van der Waals surface area contributed by atoms with Crippen LogP contribution in [-0.2, 0) is 19.1 Å². The van der Waals surface area contributed by atoms with Gasteiger partial charge in [-0.25, -0.2) is 14.6 Å². The average Bonchev–Trinajstić information content (AvgIpc) is 2.60. The van der Waals surface area contributed by atoms with E-state index >= 15 is 0 Å². The molecule has 0 bridgehead atoms. The van der Waals surface area contributed by atoms with Gasteiger partial charge in [0.2, 0.25) is 0 Å². The fourth-order valence-corrected chi connectivity index (χ4v) is 1.79. The van der Waals surface area contributed by atoms with Crippen molar-refractivity contribution in [2.75, 3.05) is 27.8 Å². The van der Waals surface area contributed by atoms with E-state index in [1.165, 1.54) is 13.3 Å². The highest BCUT2D eigenvalue weighted by molar-refractivity contribution is 6.15. The summed E-state index contributed by atoms with van der Waals surface area (Å²) in [6.07, 6.45) is 2.53. The lowest BCUT2D eigenvalue weighted by Gasteiger charge is -2.08. The van der Waals surface area contributed by atoms with Crippen LogP contribution in [-0.4, -0.2) is 56.0 Å². The number of carbonyl (C=O) groups excluding carboxylic acids is 2. The maximum atomic E-state index is 12.2. The zero-order valence-corrected chi connectivity index (χ0v) is 14.7. The van der Waals surface area contributed by atoms with Gasteiger partial charge in [0.1, 0.15) is 11.3 Å². The van der Waals surface area contributed by atoms with E-state index in [0.717, 1.165) is 6.21 Å². The molecule has 1 N–H and O–H groups in total. The summed E-state index contributed by atoms with van der Waals surface area (Å²) in [7, 11) is 4.65. The zero-order valence-electron chi connectivity index (χ0n) is 14.7. The van der Waals surface area contributed by atoms with E-state index in [-0.39, 0.29) is 23.6 Å². The topological polar surface area (TPSA) is 88.4 Å². The summed E-state index contributed by atoms with van der Waals surface area (Å²) in [5.74, 6) is -1.72. The molecular weight excluding hydrogens is 324 g/mol. The maximum Gasteiger partial charge on any atom is 0.358 e. The van der Waals surface area contributed by atoms with E-state index in [1.807, 2.05) is 0 Å². The number of rotatable bonds is 7. The Labute approximate surface area is 146 Å². The first-order chi connectivity index (χ1) is 11.9. The lowest BCUT2D eigenvalue weighted by atomic mass is 10.1. The van der Waals surface area contributed by atoms with E-state index in [0.29, 0.717) is 5.56 Å². The SMILES string of the molecule is CCOC(=O)C(/C=N/C(=C\N(C)C)C(=O)OC)=C(/O)c1ccccc1. The number of benzene rings is 1. The van der Waals surface area contributed by atoms with Gasteiger partial charge in [-0.05, 0) is 6.92 Å². The van der Waals surface area contributed by atoms with Crippen LogP contribution in [0.25, 0.3) is 5.76 Å². The van der Waals surface area contributed by atoms with Gasteiger partial charge in [0.05, 0.1) is 13.7 Å². The van der Waals surface area contributed by atoms with Gasteiger partial charge in [-0.15, -0.1) is 0 Å². The molecule has 0 spiro atoms. The number of carbonyl (C=O) groups is 2. The average molecular weight is 346 g/mol. The molecule has 0 aliphatic rings. The molecule has 0 heterocycles. The Kier molecular flexibility index (Phi) is 7.92. The number of aliphatic imine (C=N–C) groups is 1. The van der Waals surface area contributed by atoms with Crippen molar-refractivity contribution in [2.24, 2.45) is 4.99 Å². The molecule has 7 heteroatoms. The number of hydrogen-bond donors (Lipinski definition) is 1. The minimum absolute atomic E-state index is 0.0323. The molecule has 134 valence electrons. The number of methoxy groups -OCH3 is 1. The van der Waals surface area contributed by atoms with Gasteiger partial charge in [-0.3, -0.25) is 0 Å². The standard InChI is InChI=1S/C18H22N2O5/c1-5-25-17(22)14(16(21)13-9-7-6-8-10-13)11-19-15(12-20(2)3)18(23)24-4/h6-12,21H,5H2,1-4H3/b15-12-,16-14+,19-11+. The van der Waals surface area contributed by atoms with Crippen LogP contribution < -0.4 is 0 Å². The molecule has 0 aromatic heterocycles. The van der Waals surface area contributed by atoms with E-state index < -0.39 is 11.9 Å². The fourth-order valence-electron chi connectivity index (χ4n) is 1.79. The van der Waals surface area contributed by atoms with E-state index in [4.69, 9.17) is 4.74 Å². The highest BCUT2D eigenvalue weighted by atomic mass is 16.5. The molecule has 0 amide bonds. The van der Waals surface area contributed by atoms with Gasteiger partial charge in [0.15, 0.2) is 5.70 Å². The molecule has 1 aromatic rings. The monoisotopic (exact) mass is 346 g/mol. The van der Waals surface area contributed by atoms with Crippen molar-refractivity contribution in [3.8, 4) is 0 Å². The molecule has 0 unspecified atom stereocenters. The Morgan fingerprint density at radius 1 is 1.20 bits per heavy atom. The predicted octanol–water partition coefficient (Wildman–Crippen LogP) is 2.17. The second-order valence-electron chi connectivity index (χ2n) is 5.08. The van der Waals surface area contributed by atoms with E-state index in [9.17, 15) is 14.7 Å². The normalized spacial score (nSPS) is 12.6. The van der Waals surface area contributed by atoms with Gasteiger partial charge < -0.3 is 19.5 Å². The molecule has 0 aliphatic heterocycles. The maximum absolute atomic E-state index is 12.2. The molecule has 7 nitrogen and oxygen atoms in total. The number of nitrogens with zero attached hydrogens (tertiary/aromatic N) is 2. The van der Waals surface area contributed by atoms with Crippen LogP contribution in [0, 0.1) is 0 Å². The van der Waals surface area contributed by atoms with Crippen LogP contribution in [0.4, 0.5) is 0 Å². The second kappa shape index (κ2) is 9.92.